The van der Waals surface area contributed by atoms with E-state index in [1.54, 1.807) is 36.4 Å². The minimum absolute atomic E-state index is 0.0328. The van der Waals surface area contributed by atoms with E-state index in [9.17, 15) is 18.0 Å². The van der Waals surface area contributed by atoms with Crippen molar-refractivity contribution in [3.8, 4) is 5.75 Å². The monoisotopic (exact) mass is 486 g/mol. The Kier molecular flexibility index (Phi) is 5.96. The average Bonchev–Trinajstić information content (AvgIpc) is 2.88. The Morgan fingerprint density at radius 1 is 0.886 bits per heavy atom. The second kappa shape index (κ2) is 9.23. The molecule has 1 aliphatic heterocycles. The molecule has 0 aromatic heterocycles. The summed E-state index contributed by atoms with van der Waals surface area (Å²) in [5, 5.41) is 1.62. The van der Waals surface area contributed by atoms with Crippen LogP contribution in [0.15, 0.2) is 102 Å². The molecule has 35 heavy (non-hydrogen) atoms. The summed E-state index contributed by atoms with van der Waals surface area (Å²) in [6.07, 6.45) is 0.122. The minimum atomic E-state index is -4.18. The van der Waals surface area contributed by atoms with E-state index in [0.717, 1.165) is 16.3 Å². The zero-order chi connectivity index (χ0) is 24.4. The van der Waals surface area contributed by atoms with Crippen molar-refractivity contribution in [3.63, 3.8) is 0 Å². The number of sulfonamides is 1. The molecule has 176 valence electrons. The molecule has 0 saturated heterocycles. The number of hydrogen-bond donors (Lipinski definition) is 1. The van der Waals surface area contributed by atoms with E-state index in [2.05, 4.69) is 4.72 Å². The number of fused-ring (bicyclic) bond motifs is 2. The highest BCUT2D eigenvalue weighted by Crippen LogP contribution is 2.27. The van der Waals surface area contributed by atoms with Crippen molar-refractivity contribution < 1.29 is 22.7 Å². The molecule has 0 radical (unpaired) electrons. The van der Waals surface area contributed by atoms with Crippen LogP contribution in [-0.2, 0) is 21.2 Å². The lowest BCUT2D eigenvalue weighted by molar-refractivity contribution is -0.125. The topological polar surface area (TPSA) is 92.8 Å². The molecule has 4 aromatic carbocycles. The number of hydrogen-bond acceptors (Lipinski definition) is 5. The second-order valence-electron chi connectivity index (χ2n) is 8.23. The third-order valence-electron chi connectivity index (χ3n) is 5.95. The fourth-order valence-corrected chi connectivity index (χ4v) is 5.18. The summed E-state index contributed by atoms with van der Waals surface area (Å²) in [7, 11) is -4.18. The summed E-state index contributed by atoms with van der Waals surface area (Å²) in [5.74, 6) is -0.777. The number of amides is 2. The highest BCUT2D eigenvalue weighted by molar-refractivity contribution is 7.90. The first-order chi connectivity index (χ1) is 16.9. The van der Waals surface area contributed by atoms with E-state index in [4.69, 9.17) is 4.74 Å². The molecule has 2 amide bonds. The van der Waals surface area contributed by atoms with E-state index in [1.165, 1.54) is 17.0 Å². The minimum Gasteiger partial charge on any atom is -0.472 e. The first kappa shape index (κ1) is 22.6. The van der Waals surface area contributed by atoms with Gasteiger partial charge in [0.05, 0.1) is 10.5 Å². The van der Waals surface area contributed by atoms with Crippen molar-refractivity contribution in [1.82, 2.24) is 9.62 Å². The average molecular weight is 487 g/mol. The van der Waals surface area contributed by atoms with Gasteiger partial charge in [-0.3, -0.25) is 14.5 Å². The maximum Gasteiger partial charge on any atom is 0.264 e. The molecule has 1 aliphatic rings. The highest BCUT2D eigenvalue weighted by atomic mass is 32.2. The van der Waals surface area contributed by atoms with Crippen LogP contribution in [0.2, 0.25) is 0 Å². The molecule has 1 heterocycles. The van der Waals surface area contributed by atoms with Crippen LogP contribution < -0.4 is 9.46 Å². The van der Waals surface area contributed by atoms with Crippen molar-refractivity contribution in [2.45, 2.75) is 17.4 Å². The summed E-state index contributed by atoms with van der Waals surface area (Å²) in [5.41, 5.74) is 1.10. The largest absolute Gasteiger partial charge is 0.472 e. The number of para-hydroxylation sites is 1. The molecule has 5 rings (SSSR count). The SMILES string of the molecule is O=C(NS(=O)(=O)c1ccc2ccccc2c1)[C@H](Cc1ccccc1)N1COc2ccccc2C1=O. The molecule has 0 aliphatic carbocycles. The highest BCUT2D eigenvalue weighted by Gasteiger charge is 2.36. The second-order valence-corrected chi connectivity index (χ2v) is 9.91. The molecule has 0 unspecified atom stereocenters. The number of carbonyl (C=O) groups excluding carboxylic acids is 2. The van der Waals surface area contributed by atoms with Crippen LogP contribution in [0.3, 0.4) is 0 Å². The molecule has 4 aromatic rings. The summed E-state index contributed by atoms with van der Waals surface area (Å²) < 4.78 is 34.2. The van der Waals surface area contributed by atoms with Gasteiger partial charge in [-0.2, -0.15) is 0 Å². The lowest BCUT2D eigenvalue weighted by atomic mass is 10.0. The Bertz CT molecular complexity index is 1520. The first-order valence-electron chi connectivity index (χ1n) is 11.0. The third kappa shape index (κ3) is 4.61. The van der Waals surface area contributed by atoms with Crippen LogP contribution in [0, 0.1) is 0 Å². The molecule has 0 saturated carbocycles. The Hall–Kier alpha value is -4.17. The fourth-order valence-electron chi connectivity index (χ4n) is 4.13. The standard InChI is InChI=1S/C27H22N2O5S/c30-26(28-35(32,33)22-15-14-20-10-4-5-11-21(20)17-22)24(16-19-8-2-1-3-9-19)29-18-34-25-13-7-6-12-23(25)27(29)31/h1-15,17,24H,16,18H2,(H,28,30)/t24-/m0/s1. The number of nitrogens with one attached hydrogen (secondary N) is 1. The summed E-state index contributed by atoms with van der Waals surface area (Å²) in [6.45, 7) is -0.170. The quantitative estimate of drug-likeness (QED) is 0.448. The summed E-state index contributed by atoms with van der Waals surface area (Å²) in [4.78, 5) is 27.9. The smallest absolute Gasteiger partial charge is 0.264 e. The number of ether oxygens (including phenoxy) is 1. The molecular weight excluding hydrogens is 464 g/mol. The van der Waals surface area contributed by atoms with Gasteiger partial charge in [0.15, 0.2) is 6.73 Å². The van der Waals surface area contributed by atoms with Gasteiger partial charge in [0.1, 0.15) is 11.8 Å². The summed E-state index contributed by atoms with van der Waals surface area (Å²) >= 11 is 0. The van der Waals surface area contributed by atoms with E-state index in [-0.39, 0.29) is 18.0 Å². The van der Waals surface area contributed by atoms with Gasteiger partial charge in [-0.05, 0) is 40.6 Å². The lowest BCUT2D eigenvalue weighted by Gasteiger charge is -2.34. The molecule has 0 spiro atoms. The first-order valence-corrected chi connectivity index (χ1v) is 12.5. The van der Waals surface area contributed by atoms with Crippen LogP contribution >= 0.6 is 0 Å². The van der Waals surface area contributed by atoms with Crippen molar-refractivity contribution in [1.29, 1.82) is 0 Å². The van der Waals surface area contributed by atoms with Gasteiger partial charge >= 0.3 is 0 Å². The number of rotatable bonds is 6. The number of benzene rings is 4. The van der Waals surface area contributed by atoms with Crippen LogP contribution in [0.5, 0.6) is 5.75 Å². The fraction of sp³-hybridized carbons (Fsp3) is 0.111. The maximum atomic E-state index is 13.4. The number of carbonyl (C=O) groups is 2. The zero-order valence-corrected chi connectivity index (χ0v) is 19.4. The molecule has 1 N–H and O–H groups in total. The lowest BCUT2D eigenvalue weighted by Crippen LogP contribution is -2.54. The van der Waals surface area contributed by atoms with Crippen molar-refractivity contribution >= 4 is 32.6 Å². The number of nitrogens with zero attached hydrogens (tertiary/aromatic N) is 1. The van der Waals surface area contributed by atoms with E-state index in [1.807, 2.05) is 48.5 Å². The van der Waals surface area contributed by atoms with E-state index < -0.39 is 27.9 Å². The van der Waals surface area contributed by atoms with Gasteiger partial charge in [-0.1, -0.05) is 72.8 Å². The van der Waals surface area contributed by atoms with E-state index in [0.29, 0.717) is 11.3 Å². The molecule has 7 nitrogen and oxygen atoms in total. The molecular formula is C27H22N2O5S. The van der Waals surface area contributed by atoms with Crippen molar-refractivity contribution in [2.24, 2.45) is 0 Å². The zero-order valence-electron chi connectivity index (χ0n) is 18.6. The van der Waals surface area contributed by atoms with E-state index >= 15 is 0 Å². The Balaban J connectivity index is 1.46. The maximum absolute atomic E-state index is 13.4. The third-order valence-corrected chi connectivity index (χ3v) is 7.30. The van der Waals surface area contributed by atoms with Crippen LogP contribution in [0.1, 0.15) is 15.9 Å². The predicted molar refractivity (Wildman–Crippen MR) is 131 cm³/mol. The van der Waals surface area contributed by atoms with Gasteiger partial charge in [0, 0.05) is 6.42 Å². The Morgan fingerprint density at radius 3 is 2.37 bits per heavy atom. The molecule has 0 bridgehead atoms. The Morgan fingerprint density at radius 2 is 1.57 bits per heavy atom. The van der Waals surface area contributed by atoms with Crippen molar-refractivity contribution in [2.75, 3.05) is 6.73 Å². The Labute approximate surface area is 203 Å². The normalized spacial score (nSPS) is 14.2. The van der Waals surface area contributed by atoms with Gasteiger partial charge in [0.2, 0.25) is 0 Å². The van der Waals surface area contributed by atoms with Gasteiger partial charge in [0.25, 0.3) is 21.8 Å². The van der Waals surface area contributed by atoms with Gasteiger partial charge < -0.3 is 4.74 Å². The van der Waals surface area contributed by atoms with Crippen LogP contribution in [0.4, 0.5) is 0 Å². The van der Waals surface area contributed by atoms with Crippen LogP contribution in [-0.4, -0.2) is 37.9 Å². The van der Waals surface area contributed by atoms with Crippen LogP contribution in [0.25, 0.3) is 10.8 Å². The summed E-state index contributed by atoms with van der Waals surface area (Å²) in [6, 6.07) is 26.8. The molecule has 1 atom stereocenters. The van der Waals surface area contributed by atoms with Gasteiger partial charge in [-0.15, -0.1) is 0 Å². The molecule has 8 heteroatoms. The van der Waals surface area contributed by atoms with Gasteiger partial charge in [-0.25, -0.2) is 13.1 Å². The van der Waals surface area contributed by atoms with Crippen molar-refractivity contribution in [3.05, 3.63) is 108 Å². The predicted octanol–water partition coefficient (Wildman–Crippen LogP) is 3.75. The molecule has 0 fully saturated rings.